The fourth-order valence-corrected chi connectivity index (χ4v) is 2.89. The second-order valence-electron chi connectivity index (χ2n) is 5.13. The highest BCUT2D eigenvalue weighted by Gasteiger charge is 2.21. The zero-order chi connectivity index (χ0) is 13.1. The molecule has 0 spiro atoms. The summed E-state index contributed by atoms with van der Waals surface area (Å²) < 4.78 is 0. The van der Waals surface area contributed by atoms with Crippen LogP contribution in [-0.2, 0) is 9.59 Å². The van der Waals surface area contributed by atoms with Gasteiger partial charge < -0.3 is 0 Å². The van der Waals surface area contributed by atoms with Crippen LogP contribution in [0.4, 0.5) is 0 Å². The van der Waals surface area contributed by atoms with E-state index in [0.29, 0.717) is 13.1 Å². The fraction of sp³-hybridized carbons (Fsp3) is 0.857. The van der Waals surface area contributed by atoms with Crippen molar-refractivity contribution in [2.24, 2.45) is 21.8 Å². The maximum Gasteiger partial charge on any atom is 0.234 e. The Hall–Kier alpha value is -1.24. The number of carbonyl (C=O) groups excluding carboxylic acids is 2. The van der Waals surface area contributed by atoms with Crippen LogP contribution >= 0.6 is 0 Å². The zero-order valence-corrected chi connectivity index (χ0v) is 10.9. The highest BCUT2D eigenvalue weighted by molar-refractivity contribution is 5.32. The molecule has 1 rings (SSSR count). The SMILES string of the molecule is O=C=NCCCCC1CCCC(CCN=C=O)C1. The van der Waals surface area contributed by atoms with Crippen LogP contribution in [0, 0.1) is 11.8 Å². The Balaban J connectivity index is 2.13. The fourth-order valence-electron chi connectivity index (χ4n) is 2.89. The standard InChI is InChI=1S/C14H22N2O2/c17-11-15-8-2-1-4-13-5-3-6-14(10-13)7-9-16-12-18/h13-14H,1-10H2. The molecule has 0 aromatic rings. The normalized spacial score (nSPS) is 22.9. The minimum Gasteiger partial charge on any atom is -0.211 e. The van der Waals surface area contributed by atoms with Crippen LogP contribution in [0.15, 0.2) is 9.98 Å². The molecule has 0 heterocycles. The van der Waals surface area contributed by atoms with E-state index in [9.17, 15) is 9.59 Å². The van der Waals surface area contributed by atoms with Gasteiger partial charge in [0, 0.05) is 0 Å². The van der Waals surface area contributed by atoms with Gasteiger partial charge in [-0.15, -0.1) is 0 Å². The number of rotatable bonds is 8. The average Bonchev–Trinajstić information content (AvgIpc) is 2.39. The third-order valence-corrected chi connectivity index (χ3v) is 3.80. The lowest BCUT2D eigenvalue weighted by molar-refractivity contribution is 0.242. The van der Waals surface area contributed by atoms with Gasteiger partial charge >= 0.3 is 0 Å². The van der Waals surface area contributed by atoms with Crippen LogP contribution < -0.4 is 0 Å². The first-order valence-electron chi connectivity index (χ1n) is 6.94. The van der Waals surface area contributed by atoms with Crippen LogP contribution in [0.2, 0.25) is 0 Å². The monoisotopic (exact) mass is 250 g/mol. The third kappa shape index (κ3) is 6.48. The van der Waals surface area contributed by atoms with Gasteiger partial charge in [0.25, 0.3) is 0 Å². The first-order chi connectivity index (χ1) is 8.86. The molecular weight excluding hydrogens is 228 g/mol. The molecule has 1 aliphatic carbocycles. The highest BCUT2D eigenvalue weighted by Crippen LogP contribution is 2.33. The van der Waals surface area contributed by atoms with Gasteiger partial charge in [-0.2, -0.15) is 0 Å². The van der Waals surface area contributed by atoms with Gasteiger partial charge in [0.1, 0.15) is 0 Å². The number of isocyanates is 2. The lowest BCUT2D eigenvalue weighted by Crippen LogP contribution is -2.16. The molecule has 4 nitrogen and oxygen atoms in total. The second kappa shape index (κ2) is 9.76. The van der Waals surface area contributed by atoms with Crippen molar-refractivity contribution in [3.05, 3.63) is 0 Å². The minimum atomic E-state index is 0.619. The summed E-state index contributed by atoms with van der Waals surface area (Å²) in [5.74, 6) is 1.54. The Morgan fingerprint density at radius 2 is 1.56 bits per heavy atom. The van der Waals surface area contributed by atoms with Crippen molar-refractivity contribution < 1.29 is 9.59 Å². The zero-order valence-electron chi connectivity index (χ0n) is 10.9. The van der Waals surface area contributed by atoms with E-state index in [4.69, 9.17) is 0 Å². The Kier molecular flexibility index (Phi) is 8.03. The Morgan fingerprint density at radius 1 is 0.889 bits per heavy atom. The summed E-state index contributed by atoms with van der Waals surface area (Å²) in [7, 11) is 0. The number of unbranched alkanes of at least 4 members (excludes halogenated alkanes) is 1. The van der Waals surface area contributed by atoms with Crippen molar-refractivity contribution in [3.63, 3.8) is 0 Å². The van der Waals surface area contributed by atoms with Crippen LogP contribution in [0.3, 0.4) is 0 Å². The Labute approximate surface area is 109 Å². The van der Waals surface area contributed by atoms with Gasteiger partial charge in [0.05, 0.1) is 13.1 Å². The lowest BCUT2D eigenvalue weighted by atomic mass is 9.78. The Morgan fingerprint density at radius 3 is 2.28 bits per heavy atom. The van der Waals surface area contributed by atoms with E-state index in [1.165, 1.54) is 32.1 Å². The van der Waals surface area contributed by atoms with Crippen LogP contribution in [-0.4, -0.2) is 25.2 Å². The molecular formula is C14H22N2O2. The maximum absolute atomic E-state index is 10.0. The molecule has 1 fully saturated rings. The Bertz CT molecular complexity index is 318. The third-order valence-electron chi connectivity index (χ3n) is 3.80. The molecule has 0 radical (unpaired) electrons. The molecule has 0 amide bonds. The van der Waals surface area contributed by atoms with E-state index in [-0.39, 0.29) is 0 Å². The molecule has 18 heavy (non-hydrogen) atoms. The van der Waals surface area contributed by atoms with E-state index >= 15 is 0 Å². The van der Waals surface area contributed by atoms with Crippen molar-refractivity contribution in [1.82, 2.24) is 0 Å². The molecule has 1 saturated carbocycles. The van der Waals surface area contributed by atoms with Gasteiger partial charge in [0.15, 0.2) is 0 Å². The van der Waals surface area contributed by atoms with Crippen molar-refractivity contribution in [2.45, 2.75) is 51.4 Å². The molecule has 2 atom stereocenters. The molecule has 1 aliphatic rings. The van der Waals surface area contributed by atoms with E-state index < -0.39 is 0 Å². The quantitative estimate of drug-likeness (QED) is 0.377. The van der Waals surface area contributed by atoms with Crippen molar-refractivity contribution >= 4 is 12.2 Å². The second-order valence-corrected chi connectivity index (χ2v) is 5.13. The van der Waals surface area contributed by atoms with E-state index in [1.807, 2.05) is 0 Å². The van der Waals surface area contributed by atoms with E-state index in [2.05, 4.69) is 9.98 Å². The molecule has 0 aliphatic heterocycles. The molecule has 0 aromatic heterocycles. The molecule has 0 N–H and O–H groups in total. The largest absolute Gasteiger partial charge is 0.234 e. The summed E-state index contributed by atoms with van der Waals surface area (Å²) in [5.41, 5.74) is 0. The van der Waals surface area contributed by atoms with Crippen molar-refractivity contribution in [3.8, 4) is 0 Å². The summed E-state index contributed by atoms with van der Waals surface area (Å²) in [6.45, 7) is 1.25. The number of hydrogen-bond donors (Lipinski definition) is 0. The predicted molar refractivity (Wildman–Crippen MR) is 69.9 cm³/mol. The van der Waals surface area contributed by atoms with Gasteiger partial charge in [-0.3, -0.25) is 0 Å². The smallest absolute Gasteiger partial charge is 0.211 e. The van der Waals surface area contributed by atoms with Crippen LogP contribution in [0.25, 0.3) is 0 Å². The van der Waals surface area contributed by atoms with Gasteiger partial charge in [-0.25, -0.2) is 19.6 Å². The van der Waals surface area contributed by atoms with Gasteiger partial charge in [0.2, 0.25) is 12.2 Å². The molecule has 4 heteroatoms. The molecule has 2 unspecified atom stereocenters. The molecule has 100 valence electrons. The predicted octanol–water partition coefficient (Wildman–Crippen LogP) is 3.02. The number of hydrogen-bond acceptors (Lipinski definition) is 4. The first kappa shape index (κ1) is 14.8. The average molecular weight is 250 g/mol. The summed E-state index contributed by atoms with van der Waals surface area (Å²) in [6.07, 6.45) is 12.8. The van der Waals surface area contributed by atoms with E-state index in [0.717, 1.165) is 31.1 Å². The summed E-state index contributed by atoms with van der Waals surface area (Å²) in [4.78, 5) is 27.1. The number of aliphatic imine (C=N–C) groups is 2. The van der Waals surface area contributed by atoms with Gasteiger partial charge in [-0.05, 0) is 31.1 Å². The minimum absolute atomic E-state index is 0.619. The molecule has 0 aromatic carbocycles. The van der Waals surface area contributed by atoms with Gasteiger partial charge in [-0.1, -0.05) is 32.1 Å². The first-order valence-corrected chi connectivity index (χ1v) is 6.94. The van der Waals surface area contributed by atoms with E-state index in [1.54, 1.807) is 12.2 Å². The topological polar surface area (TPSA) is 58.9 Å². The van der Waals surface area contributed by atoms with Crippen LogP contribution in [0.5, 0.6) is 0 Å². The molecule has 0 bridgehead atoms. The lowest BCUT2D eigenvalue weighted by Gasteiger charge is -2.28. The summed E-state index contributed by atoms with van der Waals surface area (Å²) in [6, 6.07) is 0. The molecule has 0 saturated heterocycles. The maximum atomic E-state index is 10.0. The number of nitrogens with zero attached hydrogens (tertiary/aromatic N) is 2. The van der Waals surface area contributed by atoms with Crippen molar-refractivity contribution in [2.75, 3.05) is 13.1 Å². The van der Waals surface area contributed by atoms with Crippen LogP contribution in [0.1, 0.15) is 51.4 Å². The highest BCUT2D eigenvalue weighted by atomic mass is 16.1. The summed E-state index contributed by atoms with van der Waals surface area (Å²) >= 11 is 0. The van der Waals surface area contributed by atoms with Crippen molar-refractivity contribution in [1.29, 1.82) is 0 Å². The summed E-state index contributed by atoms with van der Waals surface area (Å²) in [5, 5.41) is 0.